The molecule has 132 valence electrons. The zero-order chi connectivity index (χ0) is 18.6. The van der Waals surface area contributed by atoms with E-state index >= 15 is 0 Å². The monoisotopic (exact) mass is 390 g/mol. The van der Waals surface area contributed by atoms with Gasteiger partial charge in [0, 0.05) is 22.5 Å². The Hall–Kier alpha value is -3.02. The summed E-state index contributed by atoms with van der Waals surface area (Å²) in [5, 5.41) is 12.6. The van der Waals surface area contributed by atoms with Gasteiger partial charge >= 0.3 is 0 Å². The maximum absolute atomic E-state index is 6.62. The molecule has 0 unspecified atom stereocenters. The number of benzene rings is 3. The summed E-state index contributed by atoms with van der Waals surface area (Å²) in [6.07, 6.45) is 5.17. The Kier molecular flexibility index (Phi) is 4.96. The van der Waals surface area contributed by atoms with Crippen molar-refractivity contribution >= 4 is 62.4 Å². The SMILES string of the molecule is S=C(N/N=C/c1c2ccccc2c(Cl)c2ccccc12)Nc1cccnc1. The van der Waals surface area contributed by atoms with Gasteiger partial charge in [0.05, 0.1) is 23.1 Å². The van der Waals surface area contributed by atoms with Crippen molar-refractivity contribution in [1.29, 1.82) is 0 Å². The van der Waals surface area contributed by atoms with Gasteiger partial charge in [0.1, 0.15) is 0 Å². The number of anilines is 1. The molecule has 0 fully saturated rings. The van der Waals surface area contributed by atoms with E-state index in [9.17, 15) is 0 Å². The minimum absolute atomic E-state index is 0.391. The highest BCUT2D eigenvalue weighted by atomic mass is 35.5. The van der Waals surface area contributed by atoms with Crippen LogP contribution < -0.4 is 10.7 Å². The largest absolute Gasteiger partial charge is 0.330 e. The summed E-state index contributed by atoms with van der Waals surface area (Å²) in [4.78, 5) is 4.04. The van der Waals surface area contributed by atoms with Gasteiger partial charge < -0.3 is 5.32 Å². The second kappa shape index (κ2) is 7.70. The fourth-order valence-corrected chi connectivity index (χ4v) is 3.50. The molecule has 0 spiro atoms. The van der Waals surface area contributed by atoms with Crippen molar-refractivity contribution in [3.8, 4) is 0 Å². The Morgan fingerprint density at radius 1 is 0.926 bits per heavy atom. The molecule has 0 bridgehead atoms. The Morgan fingerprint density at radius 2 is 1.56 bits per heavy atom. The molecule has 27 heavy (non-hydrogen) atoms. The number of aromatic nitrogens is 1. The molecule has 0 amide bonds. The Labute approximate surface area is 166 Å². The summed E-state index contributed by atoms with van der Waals surface area (Å²) < 4.78 is 0. The standard InChI is InChI=1S/C21H15ClN4S/c22-20-17-9-3-1-7-15(17)19(16-8-2-4-10-18(16)20)13-24-26-21(27)25-14-6-5-11-23-12-14/h1-13H,(H2,25,26,27)/b24-13+. The predicted molar refractivity (Wildman–Crippen MR) is 118 cm³/mol. The molecule has 0 radical (unpaired) electrons. The summed E-state index contributed by atoms with van der Waals surface area (Å²) in [5.74, 6) is 0. The second-order valence-electron chi connectivity index (χ2n) is 5.88. The van der Waals surface area contributed by atoms with Crippen LogP contribution >= 0.6 is 23.8 Å². The van der Waals surface area contributed by atoms with Gasteiger partial charge in [-0.25, -0.2) is 0 Å². The number of fused-ring (bicyclic) bond motifs is 2. The topological polar surface area (TPSA) is 49.3 Å². The van der Waals surface area contributed by atoms with E-state index in [4.69, 9.17) is 23.8 Å². The Bertz CT molecular complexity index is 1100. The summed E-state index contributed by atoms with van der Waals surface area (Å²) in [5.41, 5.74) is 4.64. The molecule has 4 rings (SSSR count). The summed E-state index contributed by atoms with van der Waals surface area (Å²) in [7, 11) is 0. The van der Waals surface area contributed by atoms with Crippen LogP contribution in [-0.4, -0.2) is 16.3 Å². The van der Waals surface area contributed by atoms with Gasteiger partial charge in [0.2, 0.25) is 0 Å². The van der Waals surface area contributed by atoms with Crippen LogP contribution in [0.3, 0.4) is 0 Å². The number of rotatable bonds is 3. The maximum Gasteiger partial charge on any atom is 0.191 e. The fraction of sp³-hybridized carbons (Fsp3) is 0. The number of hydrazone groups is 1. The van der Waals surface area contributed by atoms with Crippen molar-refractivity contribution in [1.82, 2.24) is 10.4 Å². The molecule has 0 aliphatic heterocycles. The number of halogens is 1. The first kappa shape index (κ1) is 17.4. The smallest absolute Gasteiger partial charge is 0.191 e. The lowest BCUT2D eigenvalue weighted by Crippen LogP contribution is -2.23. The normalized spacial score (nSPS) is 11.1. The molecule has 4 nitrogen and oxygen atoms in total. The zero-order valence-electron chi connectivity index (χ0n) is 14.2. The number of nitrogens with one attached hydrogen (secondary N) is 2. The number of thiocarbonyl (C=S) groups is 1. The summed E-state index contributed by atoms with van der Waals surface area (Å²) in [6.45, 7) is 0. The molecule has 0 saturated carbocycles. The molecular formula is C21H15ClN4S. The van der Waals surface area contributed by atoms with Crippen molar-refractivity contribution in [3.63, 3.8) is 0 Å². The van der Waals surface area contributed by atoms with E-state index in [-0.39, 0.29) is 0 Å². The maximum atomic E-state index is 6.62. The minimum atomic E-state index is 0.391. The number of hydrogen-bond donors (Lipinski definition) is 2. The van der Waals surface area contributed by atoms with Gasteiger partial charge in [-0.1, -0.05) is 60.1 Å². The first-order valence-electron chi connectivity index (χ1n) is 8.33. The molecule has 6 heteroatoms. The van der Waals surface area contributed by atoms with E-state index in [0.717, 1.165) is 37.8 Å². The van der Waals surface area contributed by atoms with Gasteiger partial charge in [0.15, 0.2) is 5.11 Å². The quantitative estimate of drug-likeness (QED) is 0.214. The van der Waals surface area contributed by atoms with Crippen LogP contribution in [0.4, 0.5) is 5.69 Å². The molecule has 1 aromatic heterocycles. The third-order valence-corrected chi connectivity index (χ3v) is 4.79. The van der Waals surface area contributed by atoms with Gasteiger partial charge in [0.25, 0.3) is 0 Å². The molecule has 0 aliphatic carbocycles. The first-order chi connectivity index (χ1) is 13.2. The molecule has 0 atom stereocenters. The molecule has 2 N–H and O–H groups in total. The lowest BCUT2D eigenvalue weighted by atomic mass is 9.97. The number of pyridine rings is 1. The highest BCUT2D eigenvalue weighted by molar-refractivity contribution is 7.80. The summed E-state index contributed by atoms with van der Waals surface area (Å²) in [6, 6.07) is 19.8. The van der Waals surface area contributed by atoms with E-state index in [1.165, 1.54) is 0 Å². The lowest BCUT2D eigenvalue weighted by Gasteiger charge is -2.11. The van der Waals surface area contributed by atoms with Crippen molar-refractivity contribution in [3.05, 3.63) is 83.6 Å². The second-order valence-corrected chi connectivity index (χ2v) is 6.67. The van der Waals surface area contributed by atoms with E-state index in [2.05, 4.69) is 20.8 Å². The molecule has 0 aliphatic rings. The van der Waals surface area contributed by atoms with Gasteiger partial charge in [-0.15, -0.1) is 0 Å². The molecule has 0 saturated heterocycles. The zero-order valence-corrected chi connectivity index (χ0v) is 15.8. The van der Waals surface area contributed by atoms with Crippen molar-refractivity contribution in [2.24, 2.45) is 5.10 Å². The Balaban J connectivity index is 1.67. The van der Waals surface area contributed by atoms with Crippen molar-refractivity contribution in [2.75, 3.05) is 5.32 Å². The van der Waals surface area contributed by atoms with Crippen LogP contribution in [0.25, 0.3) is 21.5 Å². The van der Waals surface area contributed by atoms with Gasteiger partial charge in [-0.2, -0.15) is 5.10 Å². The minimum Gasteiger partial charge on any atom is -0.330 e. The number of hydrogen-bond acceptors (Lipinski definition) is 3. The molecule has 4 aromatic rings. The Morgan fingerprint density at radius 3 is 2.15 bits per heavy atom. The van der Waals surface area contributed by atoms with Gasteiger partial charge in [-0.3, -0.25) is 10.4 Å². The third kappa shape index (κ3) is 3.60. The average molecular weight is 391 g/mol. The van der Waals surface area contributed by atoms with Crippen molar-refractivity contribution in [2.45, 2.75) is 0 Å². The van der Waals surface area contributed by atoms with Crippen LogP contribution in [0, 0.1) is 0 Å². The third-order valence-electron chi connectivity index (χ3n) is 4.19. The van der Waals surface area contributed by atoms with Crippen LogP contribution in [0.15, 0.2) is 78.2 Å². The molecular weight excluding hydrogens is 376 g/mol. The lowest BCUT2D eigenvalue weighted by molar-refractivity contribution is 1.05. The van der Waals surface area contributed by atoms with E-state index in [1.807, 2.05) is 60.7 Å². The van der Waals surface area contributed by atoms with Crippen molar-refractivity contribution < 1.29 is 0 Å². The predicted octanol–water partition coefficient (Wildman–Crippen LogP) is 5.36. The van der Waals surface area contributed by atoms with E-state index in [0.29, 0.717) is 5.11 Å². The van der Waals surface area contributed by atoms with Crippen LogP contribution in [0.5, 0.6) is 0 Å². The molecule has 3 aromatic carbocycles. The highest BCUT2D eigenvalue weighted by Crippen LogP contribution is 2.35. The first-order valence-corrected chi connectivity index (χ1v) is 9.11. The fourth-order valence-electron chi connectivity index (χ4n) is 3.00. The van der Waals surface area contributed by atoms with Gasteiger partial charge in [-0.05, 0) is 35.1 Å². The molecule has 1 heterocycles. The van der Waals surface area contributed by atoms with Crippen LogP contribution in [0.1, 0.15) is 5.56 Å². The number of nitrogens with zero attached hydrogens (tertiary/aromatic N) is 2. The average Bonchev–Trinajstić information content (AvgIpc) is 2.71. The van der Waals surface area contributed by atoms with Crippen LogP contribution in [-0.2, 0) is 0 Å². The van der Waals surface area contributed by atoms with E-state index < -0.39 is 0 Å². The van der Waals surface area contributed by atoms with E-state index in [1.54, 1.807) is 18.6 Å². The highest BCUT2D eigenvalue weighted by Gasteiger charge is 2.10. The summed E-state index contributed by atoms with van der Waals surface area (Å²) >= 11 is 11.9. The van der Waals surface area contributed by atoms with Crippen LogP contribution in [0.2, 0.25) is 5.02 Å².